The fraction of sp³-hybridized carbons (Fsp3) is 0.355. The Labute approximate surface area is 214 Å². The van der Waals surface area contributed by atoms with Crippen molar-refractivity contribution in [2.75, 3.05) is 6.61 Å². The van der Waals surface area contributed by atoms with Crippen molar-refractivity contribution in [2.45, 2.75) is 64.9 Å². The van der Waals surface area contributed by atoms with Gasteiger partial charge in [0.25, 0.3) is 0 Å². The molecule has 1 heterocycles. The number of hydrogen-bond acceptors (Lipinski definition) is 3. The van der Waals surface area contributed by atoms with E-state index in [4.69, 9.17) is 4.74 Å². The fourth-order valence-electron chi connectivity index (χ4n) is 3.95. The molecule has 1 aromatic heterocycles. The number of ether oxygens (including phenoxy) is 1. The molecule has 0 aliphatic carbocycles. The molecule has 5 heteroatoms. The fourth-order valence-corrected chi connectivity index (χ4v) is 3.95. The number of rotatable bonds is 14. The predicted octanol–water partition coefficient (Wildman–Crippen LogP) is 8.60. The van der Waals surface area contributed by atoms with Crippen molar-refractivity contribution >= 4 is 6.08 Å². The summed E-state index contributed by atoms with van der Waals surface area (Å²) in [6, 6.07) is 10.6. The smallest absolute Gasteiger partial charge is 0.167 e. The van der Waals surface area contributed by atoms with E-state index in [9.17, 15) is 8.78 Å². The highest BCUT2D eigenvalue weighted by Gasteiger charge is 2.14. The second-order valence-corrected chi connectivity index (χ2v) is 9.01. The molecule has 0 spiro atoms. The average Bonchev–Trinajstić information content (AvgIpc) is 2.90. The molecule has 3 nitrogen and oxygen atoms in total. The van der Waals surface area contributed by atoms with Gasteiger partial charge in [0, 0.05) is 42.1 Å². The molecule has 2 aromatic carbocycles. The molecule has 0 N–H and O–H groups in total. The Balaban J connectivity index is 1.57. The van der Waals surface area contributed by atoms with Gasteiger partial charge in [-0.15, -0.1) is 6.58 Å². The van der Waals surface area contributed by atoms with E-state index in [0.29, 0.717) is 17.8 Å². The van der Waals surface area contributed by atoms with Gasteiger partial charge in [-0.3, -0.25) is 0 Å². The first-order valence-electron chi connectivity index (χ1n) is 12.8. The van der Waals surface area contributed by atoms with Gasteiger partial charge in [-0.25, -0.2) is 18.7 Å². The van der Waals surface area contributed by atoms with Gasteiger partial charge in [-0.1, -0.05) is 74.4 Å². The minimum atomic E-state index is -0.837. The molecule has 3 rings (SSSR count). The summed E-state index contributed by atoms with van der Waals surface area (Å²) < 4.78 is 35.5. The highest BCUT2D eigenvalue weighted by atomic mass is 19.2. The van der Waals surface area contributed by atoms with E-state index in [2.05, 4.69) is 30.4 Å². The molecular weight excluding hydrogens is 454 g/mol. The van der Waals surface area contributed by atoms with Crippen LogP contribution < -0.4 is 0 Å². The summed E-state index contributed by atoms with van der Waals surface area (Å²) in [6.45, 7) is 8.76. The summed E-state index contributed by atoms with van der Waals surface area (Å²) in [4.78, 5) is 8.64. The van der Waals surface area contributed by atoms with Crippen LogP contribution in [-0.4, -0.2) is 22.7 Å². The SMILES string of the molecule is C=CCc1ncc(-c2ccc(-c3ccc(/C=C/CCCC(C)OCCCCC)c(F)c3F)cc2)cn1. The van der Waals surface area contributed by atoms with Crippen molar-refractivity contribution in [3.8, 4) is 22.3 Å². The largest absolute Gasteiger partial charge is 0.379 e. The number of allylic oxidation sites excluding steroid dienone is 2. The van der Waals surface area contributed by atoms with Gasteiger partial charge in [0.15, 0.2) is 11.6 Å². The van der Waals surface area contributed by atoms with Crippen molar-refractivity contribution in [1.82, 2.24) is 9.97 Å². The van der Waals surface area contributed by atoms with Gasteiger partial charge in [-0.2, -0.15) is 0 Å². The Morgan fingerprint density at radius 2 is 1.64 bits per heavy atom. The lowest BCUT2D eigenvalue weighted by atomic mass is 9.99. The van der Waals surface area contributed by atoms with Gasteiger partial charge in [0.05, 0.1) is 6.10 Å². The topological polar surface area (TPSA) is 35.0 Å². The Morgan fingerprint density at radius 3 is 2.33 bits per heavy atom. The van der Waals surface area contributed by atoms with Gasteiger partial charge in [0.1, 0.15) is 5.82 Å². The molecule has 0 saturated heterocycles. The molecule has 0 bridgehead atoms. The molecular formula is C31H36F2N2O. The highest BCUT2D eigenvalue weighted by molar-refractivity contribution is 5.71. The van der Waals surface area contributed by atoms with Crippen LogP contribution in [-0.2, 0) is 11.2 Å². The second kappa shape index (κ2) is 14.4. The summed E-state index contributed by atoms with van der Waals surface area (Å²) in [5, 5.41) is 0. The number of halogens is 2. The van der Waals surface area contributed by atoms with Crippen LogP contribution in [0, 0.1) is 11.6 Å². The number of nitrogens with zero attached hydrogens (tertiary/aromatic N) is 2. The lowest BCUT2D eigenvalue weighted by Gasteiger charge is -2.12. The van der Waals surface area contributed by atoms with Crippen LogP contribution >= 0.6 is 0 Å². The predicted molar refractivity (Wildman–Crippen MR) is 145 cm³/mol. The Bertz CT molecular complexity index is 1120. The van der Waals surface area contributed by atoms with Crippen molar-refractivity contribution in [2.24, 2.45) is 0 Å². The monoisotopic (exact) mass is 490 g/mol. The maximum Gasteiger partial charge on any atom is 0.167 e. The van der Waals surface area contributed by atoms with E-state index in [1.165, 1.54) is 12.8 Å². The molecule has 1 unspecified atom stereocenters. The van der Waals surface area contributed by atoms with Crippen molar-refractivity contribution in [3.05, 3.63) is 90.5 Å². The van der Waals surface area contributed by atoms with Crippen LogP contribution in [0.1, 0.15) is 63.8 Å². The van der Waals surface area contributed by atoms with Crippen molar-refractivity contribution < 1.29 is 13.5 Å². The van der Waals surface area contributed by atoms with Gasteiger partial charge >= 0.3 is 0 Å². The van der Waals surface area contributed by atoms with Crippen LogP contribution in [0.2, 0.25) is 0 Å². The Hall–Kier alpha value is -3.18. The molecule has 0 aliphatic rings. The van der Waals surface area contributed by atoms with E-state index in [-0.39, 0.29) is 17.2 Å². The number of hydrogen-bond donors (Lipinski definition) is 0. The Morgan fingerprint density at radius 1 is 0.917 bits per heavy atom. The summed E-state index contributed by atoms with van der Waals surface area (Å²) >= 11 is 0. The van der Waals surface area contributed by atoms with E-state index in [1.54, 1.807) is 48.8 Å². The molecule has 0 radical (unpaired) electrons. The van der Waals surface area contributed by atoms with Crippen LogP contribution in [0.5, 0.6) is 0 Å². The van der Waals surface area contributed by atoms with Crippen LogP contribution in [0.25, 0.3) is 28.3 Å². The van der Waals surface area contributed by atoms with E-state index < -0.39 is 11.6 Å². The first-order valence-corrected chi connectivity index (χ1v) is 12.8. The van der Waals surface area contributed by atoms with Gasteiger partial charge in [-0.05, 0) is 43.7 Å². The number of benzene rings is 2. The summed E-state index contributed by atoms with van der Waals surface area (Å²) in [6.07, 6.45) is 15.8. The summed E-state index contributed by atoms with van der Waals surface area (Å²) in [5.41, 5.74) is 2.88. The average molecular weight is 491 g/mol. The minimum Gasteiger partial charge on any atom is -0.379 e. The number of unbranched alkanes of at least 4 members (excludes halogenated alkanes) is 3. The van der Waals surface area contributed by atoms with E-state index in [0.717, 1.165) is 43.4 Å². The molecule has 190 valence electrons. The van der Waals surface area contributed by atoms with E-state index >= 15 is 0 Å². The molecule has 1 atom stereocenters. The quantitative estimate of drug-likeness (QED) is 0.168. The van der Waals surface area contributed by atoms with Crippen molar-refractivity contribution in [3.63, 3.8) is 0 Å². The lowest BCUT2D eigenvalue weighted by Crippen LogP contribution is -2.08. The first-order chi connectivity index (χ1) is 17.5. The molecule has 0 amide bonds. The maximum absolute atomic E-state index is 14.9. The highest BCUT2D eigenvalue weighted by Crippen LogP contribution is 2.29. The maximum atomic E-state index is 14.9. The molecule has 36 heavy (non-hydrogen) atoms. The standard InChI is InChI=1S/C31H36F2N2O/c1-4-6-10-20-36-23(3)12-8-7-9-13-26-18-19-28(31(33)30(26)32)25-16-14-24(15-17-25)27-21-34-29(11-5-2)35-22-27/h5,9,13-19,21-23H,2,4,6-8,10-12,20H2,1,3H3/b13-9+. The van der Waals surface area contributed by atoms with Crippen LogP contribution in [0.4, 0.5) is 8.78 Å². The van der Waals surface area contributed by atoms with E-state index in [1.807, 2.05) is 18.2 Å². The molecule has 3 aromatic rings. The van der Waals surface area contributed by atoms with Crippen molar-refractivity contribution in [1.29, 1.82) is 0 Å². The first kappa shape index (κ1) is 27.4. The van der Waals surface area contributed by atoms with Gasteiger partial charge < -0.3 is 4.74 Å². The van der Waals surface area contributed by atoms with Gasteiger partial charge in [0.2, 0.25) is 0 Å². The van der Waals surface area contributed by atoms with Crippen LogP contribution in [0.3, 0.4) is 0 Å². The zero-order valence-corrected chi connectivity index (χ0v) is 21.4. The molecule has 0 aliphatic heterocycles. The van der Waals surface area contributed by atoms with Crippen LogP contribution in [0.15, 0.2) is 67.5 Å². The lowest BCUT2D eigenvalue weighted by molar-refractivity contribution is 0.0566. The minimum absolute atomic E-state index is 0.222. The second-order valence-electron chi connectivity index (χ2n) is 9.01. The third-order valence-corrected chi connectivity index (χ3v) is 6.10. The summed E-state index contributed by atoms with van der Waals surface area (Å²) in [5.74, 6) is -0.957. The third kappa shape index (κ3) is 7.92. The molecule has 0 fully saturated rings. The summed E-state index contributed by atoms with van der Waals surface area (Å²) in [7, 11) is 0. The number of aromatic nitrogens is 2. The molecule has 0 saturated carbocycles. The Kier molecular flexibility index (Phi) is 11.0. The zero-order valence-electron chi connectivity index (χ0n) is 21.4. The normalized spacial score (nSPS) is 12.2. The zero-order chi connectivity index (χ0) is 25.8. The third-order valence-electron chi connectivity index (χ3n) is 6.10.